The fraction of sp³-hybridized carbons (Fsp3) is 1.00. The summed E-state index contributed by atoms with van der Waals surface area (Å²) in [5.74, 6) is -59.3. The zero-order valence-corrected chi connectivity index (χ0v) is 14.7. The summed E-state index contributed by atoms with van der Waals surface area (Å²) in [4.78, 5) is 0. The normalized spacial score (nSPS) is 17.0. The van der Waals surface area contributed by atoms with Crippen LogP contribution in [0.1, 0.15) is 0 Å². The molecule has 20 heteroatoms. The third kappa shape index (κ3) is 3.49. The van der Waals surface area contributed by atoms with E-state index in [0.29, 0.717) is 0 Å². The molecule has 0 rings (SSSR count). The first-order valence-electron chi connectivity index (χ1n) is 5.81. The van der Waals surface area contributed by atoms with E-state index in [9.17, 15) is 83.4 Å². The summed E-state index contributed by atoms with van der Waals surface area (Å²) < 4.78 is 234. The van der Waals surface area contributed by atoms with Crippen LogP contribution in [0.4, 0.5) is 83.4 Å². The van der Waals surface area contributed by atoms with Crippen LogP contribution in [0, 0.1) is 0 Å². The molecular weight excluding hydrogens is 591 g/mol. The van der Waals surface area contributed by atoms with Crippen LogP contribution in [0.5, 0.6) is 0 Å². The molecule has 0 saturated carbocycles. The first-order valence-corrected chi connectivity index (χ1v) is 7.09. The van der Waals surface area contributed by atoms with Crippen molar-refractivity contribution < 1.29 is 83.4 Å². The SMILES string of the molecule is FC(F)(F)C(F)(F)C(F)(F)C(F)(F)C(F)(F)C(F)(F)C(F)(F)C(F)(F)[C](F)(F)[Sb]. The minimum absolute atomic E-state index is 1.77. The first-order chi connectivity index (χ1) is 12.0. The van der Waals surface area contributed by atoms with Gasteiger partial charge in [-0.25, -0.2) is 0 Å². The van der Waals surface area contributed by atoms with Crippen molar-refractivity contribution >= 4 is 23.0 Å². The second-order valence-corrected chi connectivity index (χ2v) is 6.66. The Hall–Kier alpha value is -0.512. The van der Waals surface area contributed by atoms with Crippen LogP contribution in [-0.4, -0.2) is 74.5 Å². The van der Waals surface area contributed by atoms with E-state index in [0.717, 1.165) is 0 Å². The van der Waals surface area contributed by atoms with Gasteiger partial charge >= 0.3 is 158 Å². The Morgan fingerprint density at radius 2 is 0.448 bits per heavy atom. The van der Waals surface area contributed by atoms with Crippen LogP contribution in [0.2, 0.25) is 0 Å². The Bertz CT molecular complexity index is 554. The van der Waals surface area contributed by atoms with Crippen LogP contribution < -0.4 is 0 Å². The van der Waals surface area contributed by atoms with E-state index in [1.54, 1.807) is 0 Å². The second-order valence-electron chi connectivity index (χ2n) is 5.06. The van der Waals surface area contributed by atoms with Gasteiger partial charge in [0.05, 0.1) is 0 Å². The molecule has 0 spiro atoms. The van der Waals surface area contributed by atoms with Crippen molar-refractivity contribution in [3.63, 3.8) is 0 Å². The van der Waals surface area contributed by atoms with E-state index in [2.05, 4.69) is 0 Å². The van der Waals surface area contributed by atoms with Gasteiger partial charge in [-0.15, -0.1) is 0 Å². The standard InChI is InChI=1S/C9F19.Sb/c10-1(11)2(12,13)3(14,15)4(16,17)5(18,19)6(20,21)7(22,23)8(24,25)9(26,27)28;. The van der Waals surface area contributed by atoms with E-state index >= 15 is 0 Å². The molecular formula is C9F19Sb. The molecule has 0 N–H and O–H groups in total. The third-order valence-electron chi connectivity index (χ3n) is 3.10. The molecule has 0 aliphatic heterocycles. The van der Waals surface area contributed by atoms with Crippen molar-refractivity contribution in [3.8, 4) is 0 Å². The Morgan fingerprint density at radius 1 is 0.276 bits per heavy atom. The molecule has 0 nitrogen and oxygen atoms in total. The number of hydrogen-bond acceptors (Lipinski definition) is 0. The Balaban J connectivity index is 6.82. The average Bonchev–Trinajstić information content (AvgIpc) is 2.43. The van der Waals surface area contributed by atoms with Crippen LogP contribution in [0.3, 0.4) is 0 Å². The molecule has 0 aromatic heterocycles. The molecule has 0 amide bonds. The first kappa shape index (κ1) is 28.5. The van der Waals surface area contributed by atoms with Gasteiger partial charge in [0.1, 0.15) is 0 Å². The zero-order valence-electron chi connectivity index (χ0n) is 12.1. The van der Waals surface area contributed by atoms with E-state index in [-0.39, 0.29) is 0 Å². The van der Waals surface area contributed by atoms with Gasteiger partial charge in [-0.1, -0.05) is 0 Å². The molecule has 0 aliphatic rings. The number of hydrogen-bond donors (Lipinski definition) is 0. The van der Waals surface area contributed by atoms with Crippen LogP contribution in [-0.2, 0) is 0 Å². The molecule has 0 atom stereocenters. The quantitative estimate of drug-likeness (QED) is 0.262. The van der Waals surface area contributed by atoms with Gasteiger partial charge in [0.25, 0.3) is 0 Å². The Labute approximate surface area is 158 Å². The average molecular weight is 591 g/mol. The van der Waals surface area contributed by atoms with Crippen molar-refractivity contribution in [1.82, 2.24) is 0 Å². The van der Waals surface area contributed by atoms with Crippen molar-refractivity contribution in [2.75, 3.05) is 0 Å². The summed E-state index contributed by atoms with van der Waals surface area (Å²) in [5.41, 5.74) is 0. The molecule has 2 radical (unpaired) electrons. The summed E-state index contributed by atoms with van der Waals surface area (Å²) in [6.45, 7) is 0. The molecule has 0 aromatic carbocycles. The number of alkyl halides is 19. The topological polar surface area (TPSA) is 0 Å². The molecule has 29 heavy (non-hydrogen) atoms. The third-order valence-corrected chi connectivity index (χ3v) is 3.90. The predicted octanol–water partition coefficient (Wildman–Crippen LogP) is 5.76. The fourth-order valence-electron chi connectivity index (χ4n) is 1.35. The van der Waals surface area contributed by atoms with Crippen molar-refractivity contribution in [2.45, 2.75) is 51.5 Å². The van der Waals surface area contributed by atoms with Gasteiger partial charge in [0.15, 0.2) is 0 Å². The zero-order chi connectivity index (χ0) is 24.5. The van der Waals surface area contributed by atoms with Gasteiger partial charge in [0.2, 0.25) is 0 Å². The minimum atomic E-state index is -8.85. The van der Waals surface area contributed by atoms with Crippen LogP contribution in [0.25, 0.3) is 0 Å². The maximum absolute atomic E-state index is 13.1. The fourth-order valence-corrected chi connectivity index (χ4v) is 1.75. The number of halogens is 19. The molecule has 174 valence electrons. The molecule has 0 heterocycles. The van der Waals surface area contributed by atoms with Crippen molar-refractivity contribution in [1.29, 1.82) is 0 Å². The molecule has 0 fully saturated rings. The monoisotopic (exact) mass is 590 g/mol. The Kier molecular flexibility index (Phi) is 6.62. The summed E-state index contributed by atoms with van der Waals surface area (Å²) in [6, 6.07) is 0. The van der Waals surface area contributed by atoms with E-state index in [1.165, 1.54) is 0 Å². The molecule has 0 aromatic rings. The summed E-state index contributed by atoms with van der Waals surface area (Å²) in [7, 11) is 0. The molecule has 0 saturated heterocycles. The van der Waals surface area contributed by atoms with E-state index in [1.807, 2.05) is 0 Å². The predicted molar refractivity (Wildman–Crippen MR) is 51.4 cm³/mol. The van der Waals surface area contributed by atoms with Gasteiger partial charge in [0, 0.05) is 0 Å². The maximum atomic E-state index is 13.1. The number of rotatable bonds is 7. The van der Waals surface area contributed by atoms with E-state index < -0.39 is 74.5 Å². The van der Waals surface area contributed by atoms with Crippen LogP contribution in [0.15, 0.2) is 0 Å². The van der Waals surface area contributed by atoms with Gasteiger partial charge in [-0.3, -0.25) is 0 Å². The van der Waals surface area contributed by atoms with Gasteiger partial charge in [-0.2, -0.15) is 0 Å². The van der Waals surface area contributed by atoms with Crippen molar-refractivity contribution in [2.24, 2.45) is 0 Å². The molecule has 0 bridgehead atoms. The van der Waals surface area contributed by atoms with E-state index in [4.69, 9.17) is 0 Å². The molecule has 0 unspecified atom stereocenters. The molecule has 0 aliphatic carbocycles. The summed E-state index contributed by atoms with van der Waals surface area (Å²) in [5, 5.41) is 0. The van der Waals surface area contributed by atoms with Crippen LogP contribution >= 0.6 is 0 Å². The summed E-state index contributed by atoms with van der Waals surface area (Å²) in [6.07, 6.45) is -7.86. The van der Waals surface area contributed by atoms with Crippen molar-refractivity contribution in [3.05, 3.63) is 0 Å². The summed E-state index contributed by atoms with van der Waals surface area (Å²) >= 11 is -1.77. The Morgan fingerprint density at radius 3 is 0.621 bits per heavy atom. The second kappa shape index (κ2) is 6.74. The van der Waals surface area contributed by atoms with Gasteiger partial charge < -0.3 is 0 Å². The van der Waals surface area contributed by atoms with Gasteiger partial charge in [-0.05, 0) is 0 Å².